The standard InChI is InChI=1S/C14H20N2O2/c1-2-18-13-6-4-12(5-7-13)14(17)16-10-3-8-15-9-11-16/h4-7,15H,2-3,8-11H2,1H3. The van der Waals surface area contributed by atoms with Gasteiger partial charge in [-0.3, -0.25) is 4.79 Å². The van der Waals surface area contributed by atoms with Crippen LogP contribution in [0.3, 0.4) is 0 Å². The molecule has 1 aromatic carbocycles. The van der Waals surface area contributed by atoms with E-state index >= 15 is 0 Å². The van der Waals surface area contributed by atoms with E-state index in [1.54, 1.807) is 0 Å². The van der Waals surface area contributed by atoms with E-state index in [9.17, 15) is 4.79 Å². The molecule has 1 heterocycles. The number of carbonyl (C=O) groups is 1. The number of hydrogen-bond acceptors (Lipinski definition) is 3. The highest BCUT2D eigenvalue weighted by atomic mass is 16.5. The van der Waals surface area contributed by atoms with E-state index in [0.29, 0.717) is 6.61 Å². The summed E-state index contributed by atoms with van der Waals surface area (Å²) in [6.45, 7) is 6.08. The number of ether oxygens (including phenoxy) is 1. The summed E-state index contributed by atoms with van der Waals surface area (Å²) in [5, 5.41) is 3.30. The maximum absolute atomic E-state index is 12.3. The van der Waals surface area contributed by atoms with Gasteiger partial charge in [0.15, 0.2) is 0 Å². The first-order chi connectivity index (χ1) is 8.81. The molecule has 0 saturated carbocycles. The van der Waals surface area contributed by atoms with E-state index in [2.05, 4.69) is 5.32 Å². The summed E-state index contributed by atoms with van der Waals surface area (Å²) >= 11 is 0. The van der Waals surface area contributed by atoms with Gasteiger partial charge in [-0.2, -0.15) is 0 Å². The number of rotatable bonds is 3. The predicted molar refractivity (Wildman–Crippen MR) is 71.0 cm³/mol. The molecule has 4 nitrogen and oxygen atoms in total. The zero-order chi connectivity index (χ0) is 12.8. The summed E-state index contributed by atoms with van der Waals surface area (Å²) in [4.78, 5) is 14.2. The van der Waals surface area contributed by atoms with Crippen LogP contribution in [0.15, 0.2) is 24.3 Å². The molecule has 0 bridgehead atoms. The topological polar surface area (TPSA) is 41.6 Å². The first kappa shape index (κ1) is 12.9. The van der Waals surface area contributed by atoms with Gasteiger partial charge in [0.05, 0.1) is 6.61 Å². The fraction of sp³-hybridized carbons (Fsp3) is 0.500. The van der Waals surface area contributed by atoms with Gasteiger partial charge in [0, 0.05) is 25.2 Å². The predicted octanol–water partition coefficient (Wildman–Crippen LogP) is 1.52. The smallest absolute Gasteiger partial charge is 0.253 e. The second kappa shape index (κ2) is 6.40. The molecule has 0 aromatic heterocycles. The Hall–Kier alpha value is -1.55. The van der Waals surface area contributed by atoms with Crippen LogP contribution in [0.4, 0.5) is 0 Å². The Kier molecular flexibility index (Phi) is 4.59. The summed E-state index contributed by atoms with van der Waals surface area (Å²) in [5.74, 6) is 0.924. The van der Waals surface area contributed by atoms with Crippen LogP contribution in [0.5, 0.6) is 5.75 Å². The van der Waals surface area contributed by atoms with Crippen LogP contribution < -0.4 is 10.1 Å². The van der Waals surface area contributed by atoms with Crippen LogP contribution in [0.1, 0.15) is 23.7 Å². The van der Waals surface area contributed by atoms with E-state index in [0.717, 1.165) is 43.9 Å². The molecule has 0 atom stereocenters. The normalized spacial score (nSPS) is 16.2. The minimum atomic E-state index is 0.113. The zero-order valence-electron chi connectivity index (χ0n) is 10.8. The molecule has 0 spiro atoms. The van der Waals surface area contributed by atoms with Crippen molar-refractivity contribution >= 4 is 5.91 Å². The van der Waals surface area contributed by atoms with Crippen LogP contribution >= 0.6 is 0 Å². The lowest BCUT2D eigenvalue weighted by molar-refractivity contribution is 0.0766. The molecule has 1 N–H and O–H groups in total. The molecule has 18 heavy (non-hydrogen) atoms. The molecule has 1 aromatic rings. The van der Waals surface area contributed by atoms with Crippen molar-refractivity contribution in [3.63, 3.8) is 0 Å². The monoisotopic (exact) mass is 248 g/mol. The molecule has 1 amide bonds. The molecule has 1 aliphatic rings. The second-order valence-corrected chi connectivity index (χ2v) is 4.35. The summed E-state index contributed by atoms with van der Waals surface area (Å²) in [6.07, 6.45) is 1.02. The Morgan fingerprint density at radius 3 is 2.78 bits per heavy atom. The fourth-order valence-corrected chi connectivity index (χ4v) is 2.09. The molecule has 1 saturated heterocycles. The van der Waals surface area contributed by atoms with Crippen molar-refractivity contribution < 1.29 is 9.53 Å². The first-order valence-corrected chi connectivity index (χ1v) is 6.54. The number of amides is 1. The van der Waals surface area contributed by atoms with E-state index in [-0.39, 0.29) is 5.91 Å². The summed E-state index contributed by atoms with van der Waals surface area (Å²) in [6, 6.07) is 7.39. The minimum Gasteiger partial charge on any atom is -0.494 e. The van der Waals surface area contributed by atoms with Crippen LogP contribution in [0.25, 0.3) is 0 Å². The molecular formula is C14H20N2O2. The van der Waals surface area contributed by atoms with Gasteiger partial charge in [-0.15, -0.1) is 0 Å². The molecule has 98 valence electrons. The van der Waals surface area contributed by atoms with Gasteiger partial charge < -0.3 is 15.0 Å². The number of carbonyl (C=O) groups excluding carboxylic acids is 1. The van der Waals surface area contributed by atoms with E-state index in [4.69, 9.17) is 4.74 Å². The van der Waals surface area contributed by atoms with Crippen LogP contribution in [0, 0.1) is 0 Å². The van der Waals surface area contributed by atoms with Crippen LogP contribution in [0.2, 0.25) is 0 Å². The Bertz CT molecular complexity index is 381. The summed E-state index contributed by atoms with van der Waals surface area (Å²) < 4.78 is 5.37. The molecule has 0 aliphatic carbocycles. The second-order valence-electron chi connectivity index (χ2n) is 4.35. The van der Waals surface area contributed by atoms with E-state index < -0.39 is 0 Å². The third kappa shape index (κ3) is 3.23. The van der Waals surface area contributed by atoms with Crippen molar-refractivity contribution in [3.8, 4) is 5.75 Å². The van der Waals surface area contributed by atoms with Gasteiger partial charge in [-0.05, 0) is 44.2 Å². The maximum Gasteiger partial charge on any atom is 0.253 e. The molecule has 2 rings (SSSR count). The Labute approximate surface area is 108 Å². The van der Waals surface area contributed by atoms with Crippen molar-refractivity contribution in [2.45, 2.75) is 13.3 Å². The third-order valence-electron chi connectivity index (χ3n) is 3.04. The quantitative estimate of drug-likeness (QED) is 0.882. The van der Waals surface area contributed by atoms with E-state index in [1.807, 2.05) is 36.1 Å². The highest BCUT2D eigenvalue weighted by Gasteiger charge is 2.16. The average molecular weight is 248 g/mol. The molecule has 1 fully saturated rings. The number of nitrogens with one attached hydrogen (secondary N) is 1. The molecule has 0 unspecified atom stereocenters. The lowest BCUT2D eigenvalue weighted by Gasteiger charge is -2.20. The lowest BCUT2D eigenvalue weighted by atomic mass is 10.2. The van der Waals surface area contributed by atoms with Crippen LogP contribution in [-0.4, -0.2) is 43.6 Å². The van der Waals surface area contributed by atoms with Gasteiger partial charge in [-0.1, -0.05) is 0 Å². The third-order valence-corrected chi connectivity index (χ3v) is 3.04. The SMILES string of the molecule is CCOc1ccc(C(=O)N2CCCNCC2)cc1. The molecular weight excluding hydrogens is 228 g/mol. The summed E-state index contributed by atoms with van der Waals surface area (Å²) in [7, 11) is 0. The Morgan fingerprint density at radius 2 is 2.06 bits per heavy atom. The Morgan fingerprint density at radius 1 is 1.28 bits per heavy atom. The molecule has 0 radical (unpaired) electrons. The molecule has 1 aliphatic heterocycles. The maximum atomic E-state index is 12.3. The zero-order valence-corrected chi connectivity index (χ0v) is 10.8. The van der Waals surface area contributed by atoms with Gasteiger partial charge in [0.25, 0.3) is 5.91 Å². The largest absolute Gasteiger partial charge is 0.494 e. The number of hydrogen-bond donors (Lipinski definition) is 1. The first-order valence-electron chi connectivity index (χ1n) is 6.54. The van der Waals surface area contributed by atoms with Crippen molar-refractivity contribution in [2.24, 2.45) is 0 Å². The van der Waals surface area contributed by atoms with Crippen LogP contribution in [-0.2, 0) is 0 Å². The van der Waals surface area contributed by atoms with Crippen molar-refractivity contribution in [2.75, 3.05) is 32.8 Å². The van der Waals surface area contributed by atoms with Gasteiger partial charge in [0.1, 0.15) is 5.75 Å². The minimum absolute atomic E-state index is 0.113. The Balaban J connectivity index is 2.02. The average Bonchev–Trinajstić information content (AvgIpc) is 2.68. The number of nitrogens with zero attached hydrogens (tertiary/aromatic N) is 1. The van der Waals surface area contributed by atoms with Crippen molar-refractivity contribution in [1.29, 1.82) is 0 Å². The highest BCUT2D eigenvalue weighted by molar-refractivity contribution is 5.94. The van der Waals surface area contributed by atoms with Gasteiger partial charge in [0.2, 0.25) is 0 Å². The van der Waals surface area contributed by atoms with Crippen molar-refractivity contribution in [3.05, 3.63) is 29.8 Å². The number of benzene rings is 1. The fourth-order valence-electron chi connectivity index (χ4n) is 2.09. The van der Waals surface area contributed by atoms with Gasteiger partial charge in [-0.25, -0.2) is 0 Å². The van der Waals surface area contributed by atoms with E-state index in [1.165, 1.54) is 0 Å². The highest BCUT2D eigenvalue weighted by Crippen LogP contribution is 2.14. The van der Waals surface area contributed by atoms with Gasteiger partial charge >= 0.3 is 0 Å². The molecule has 4 heteroatoms. The lowest BCUT2D eigenvalue weighted by Crippen LogP contribution is -2.34. The van der Waals surface area contributed by atoms with Crippen molar-refractivity contribution in [1.82, 2.24) is 10.2 Å². The summed E-state index contributed by atoms with van der Waals surface area (Å²) in [5.41, 5.74) is 0.736.